The highest BCUT2D eigenvalue weighted by Crippen LogP contribution is 2.29. The van der Waals surface area contributed by atoms with E-state index in [0.29, 0.717) is 5.92 Å². The second-order valence-electron chi connectivity index (χ2n) is 7.87. The van der Waals surface area contributed by atoms with Gasteiger partial charge >= 0.3 is 6.03 Å². The van der Waals surface area contributed by atoms with E-state index in [2.05, 4.69) is 24.5 Å². The SMILES string of the molecule is CC(C)CCCC(C)NC(=O)CN1C(=O)NC(C)(c2ccc(F)c(F)c2)C1=O. The first-order valence-electron chi connectivity index (χ1n) is 9.43. The van der Waals surface area contributed by atoms with Gasteiger partial charge in [-0.3, -0.25) is 14.5 Å². The van der Waals surface area contributed by atoms with E-state index in [9.17, 15) is 23.2 Å². The Balaban J connectivity index is 2.01. The Hall–Kier alpha value is -2.51. The average molecular weight is 395 g/mol. The standard InChI is InChI=1S/C20H27F2N3O3/c1-12(2)6-5-7-13(3)23-17(26)11-25-18(27)20(4,24-19(25)28)14-8-9-15(21)16(22)10-14/h8-10,12-13H,5-7,11H2,1-4H3,(H,23,26)(H,24,28). The maximum Gasteiger partial charge on any atom is 0.325 e. The fraction of sp³-hybridized carbons (Fsp3) is 0.550. The Kier molecular flexibility index (Phi) is 6.74. The second kappa shape index (κ2) is 8.67. The lowest BCUT2D eigenvalue weighted by Crippen LogP contribution is -2.45. The van der Waals surface area contributed by atoms with Crippen LogP contribution in [0.2, 0.25) is 0 Å². The summed E-state index contributed by atoms with van der Waals surface area (Å²) in [6, 6.07) is 2.17. The summed E-state index contributed by atoms with van der Waals surface area (Å²) in [5.74, 6) is -2.72. The fourth-order valence-electron chi connectivity index (χ4n) is 3.21. The first-order valence-corrected chi connectivity index (χ1v) is 9.43. The van der Waals surface area contributed by atoms with Gasteiger partial charge in [0.2, 0.25) is 5.91 Å². The molecule has 1 saturated heterocycles. The average Bonchev–Trinajstić information content (AvgIpc) is 2.81. The quantitative estimate of drug-likeness (QED) is 0.664. The van der Waals surface area contributed by atoms with Crippen molar-refractivity contribution in [3.8, 4) is 0 Å². The van der Waals surface area contributed by atoms with Crippen LogP contribution in [0.1, 0.15) is 52.5 Å². The summed E-state index contributed by atoms with van der Waals surface area (Å²) < 4.78 is 26.7. The first kappa shape index (κ1) is 21.8. The van der Waals surface area contributed by atoms with E-state index < -0.39 is 41.6 Å². The van der Waals surface area contributed by atoms with Crippen LogP contribution in [0.5, 0.6) is 0 Å². The molecule has 2 unspecified atom stereocenters. The minimum atomic E-state index is -1.56. The number of halogens is 2. The largest absolute Gasteiger partial charge is 0.352 e. The molecule has 0 aliphatic carbocycles. The van der Waals surface area contributed by atoms with Crippen LogP contribution >= 0.6 is 0 Å². The molecular formula is C20H27F2N3O3. The van der Waals surface area contributed by atoms with E-state index >= 15 is 0 Å². The van der Waals surface area contributed by atoms with Crippen LogP contribution in [-0.2, 0) is 15.1 Å². The summed E-state index contributed by atoms with van der Waals surface area (Å²) in [6.07, 6.45) is 2.83. The van der Waals surface area contributed by atoms with E-state index in [1.54, 1.807) is 0 Å². The molecule has 28 heavy (non-hydrogen) atoms. The number of hydrogen-bond acceptors (Lipinski definition) is 3. The number of hydrogen-bond donors (Lipinski definition) is 2. The molecule has 6 nitrogen and oxygen atoms in total. The molecule has 4 amide bonds. The van der Waals surface area contributed by atoms with Crippen molar-refractivity contribution >= 4 is 17.8 Å². The van der Waals surface area contributed by atoms with Crippen LogP contribution in [-0.4, -0.2) is 35.3 Å². The van der Waals surface area contributed by atoms with Gasteiger partial charge in [-0.05, 0) is 43.9 Å². The van der Waals surface area contributed by atoms with Crippen molar-refractivity contribution < 1.29 is 23.2 Å². The van der Waals surface area contributed by atoms with E-state index in [1.165, 1.54) is 13.0 Å². The summed E-state index contributed by atoms with van der Waals surface area (Å²) in [7, 11) is 0. The molecule has 2 rings (SSSR count). The third-order valence-electron chi connectivity index (χ3n) is 4.90. The Bertz CT molecular complexity index is 769. The number of nitrogens with one attached hydrogen (secondary N) is 2. The zero-order valence-corrected chi connectivity index (χ0v) is 16.6. The Morgan fingerprint density at radius 3 is 2.46 bits per heavy atom. The summed E-state index contributed by atoms with van der Waals surface area (Å²) in [4.78, 5) is 38.0. The highest BCUT2D eigenvalue weighted by atomic mass is 19.2. The third-order valence-corrected chi connectivity index (χ3v) is 4.90. The first-order chi connectivity index (χ1) is 13.0. The monoisotopic (exact) mass is 395 g/mol. The molecule has 2 N–H and O–H groups in total. The molecule has 0 bridgehead atoms. The van der Waals surface area contributed by atoms with Crippen molar-refractivity contribution in [3.05, 3.63) is 35.4 Å². The molecular weight excluding hydrogens is 368 g/mol. The molecule has 0 radical (unpaired) electrons. The van der Waals surface area contributed by atoms with Gasteiger partial charge in [-0.25, -0.2) is 13.6 Å². The third kappa shape index (κ3) is 4.85. The van der Waals surface area contributed by atoms with E-state index in [0.717, 1.165) is 36.3 Å². The maximum atomic E-state index is 13.6. The predicted molar refractivity (Wildman–Crippen MR) is 100 cm³/mol. The normalized spacial score (nSPS) is 20.5. The highest BCUT2D eigenvalue weighted by Gasteiger charge is 2.49. The smallest absolute Gasteiger partial charge is 0.325 e. The van der Waals surface area contributed by atoms with Crippen molar-refractivity contribution in [2.75, 3.05) is 6.54 Å². The minimum Gasteiger partial charge on any atom is -0.352 e. The number of urea groups is 1. The molecule has 0 spiro atoms. The van der Waals surface area contributed by atoms with Crippen molar-refractivity contribution in [2.45, 2.75) is 58.5 Å². The highest BCUT2D eigenvalue weighted by molar-refractivity contribution is 6.09. The summed E-state index contributed by atoms with van der Waals surface area (Å²) in [5, 5.41) is 5.25. The zero-order valence-electron chi connectivity index (χ0n) is 16.6. The number of imide groups is 1. The van der Waals surface area contributed by atoms with Crippen LogP contribution in [0, 0.1) is 17.6 Å². The van der Waals surface area contributed by atoms with Gasteiger partial charge in [0.05, 0.1) is 0 Å². The number of rotatable bonds is 8. The molecule has 1 fully saturated rings. The molecule has 1 aromatic carbocycles. The summed E-state index contributed by atoms with van der Waals surface area (Å²) in [5.41, 5.74) is -1.45. The van der Waals surface area contributed by atoms with Crippen LogP contribution in [0.3, 0.4) is 0 Å². The Morgan fingerprint density at radius 1 is 1.18 bits per heavy atom. The molecule has 1 aromatic rings. The number of benzene rings is 1. The van der Waals surface area contributed by atoms with Crippen LogP contribution in [0.4, 0.5) is 13.6 Å². The van der Waals surface area contributed by atoms with Gasteiger partial charge in [0.15, 0.2) is 11.6 Å². The molecule has 2 atom stereocenters. The molecule has 8 heteroatoms. The topological polar surface area (TPSA) is 78.5 Å². The molecule has 1 heterocycles. The molecule has 0 saturated carbocycles. The van der Waals surface area contributed by atoms with E-state index in [4.69, 9.17) is 0 Å². The summed E-state index contributed by atoms with van der Waals surface area (Å²) >= 11 is 0. The van der Waals surface area contributed by atoms with Gasteiger partial charge in [-0.1, -0.05) is 32.8 Å². The van der Waals surface area contributed by atoms with Crippen LogP contribution in [0.15, 0.2) is 18.2 Å². The van der Waals surface area contributed by atoms with Crippen LogP contribution in [0.25, 0.3) is 0 Å². The lowest BCUT2D eigenvalue weighted by molar-refractivity contribution is -0.135. The van der Waals surface area contributed by atoms with Crippen LogP contribution < -0.4 is 10.6 Å². The number of carbonyl (C=O) groups excluding carboxylic acids is 3. The van der Waals surface area contributed by atoms with Crippen molar-refractivity contribution in [2.24, 2.45) is 5.92 Å². The minimum absolute atomic E-state index is 0.0791. The molecule has 0 aromatic heterocycles. The Morgan fingerprint density at radius 2 is 1.86 bits per heavy atom. The number of amides is 4. The van der Waals surface area contributed by atoms with Crippen molar-refractivity contribution in [3.63, 3.8) is 0 Å². The van der Waals surface area contributed by atoms with Gasteiger partial charge in [-0.15, -0.1) is 0 Å². The van der Waals surface area contributed by atoms with Gasteiger partial charge in [-0.2, -0.15) is 0 Å². The maximum absolute atomic E-state index is 13.6. The Labute approximate surface area is 163 Å². The van der Waals surface area contributed by atoms with E-state index in [-0.39, 0.29) is 11.6 Å². The van der Waals surface area contributed by atoms with E-state index in [1.807, 2.05) is 6.92 Å². The van der Waals surface area contributed by atoms with Crippen molar-refractivity contribution in [1.29, 1.82) is 0 Å². The van der Waals surface area contributed by atoms with Gasteiger partial charge in [0, 0.05) is 6.04 Å². The lowest BCUT2D eigenvalue weighted by Gasteiger charge is -2.22. The fourth-order valence-corrected chi connectivity index (χ4v) is 3.21. The number of carbonyl (C=O) groups is 3. The van der Waals surface area contributed by atoms with Gasteiger partial charge in [0.1, 0.15) is 12.1 Å². The van der Waals surface area contributed by atoms with Gasteiger partial charge < -0.3 is 10.6 Å². The van der Waals surface area contributed by atoms with Gasteiger partial charge in [0.25, 0.3) is 5.91 Å². The molecule has 154 valence electrons. The number of nitrogens with zero attached hydrogens (tertiary/aromatic N) is 1. The lowest BCUT2D eigenvalue weighted by atomic mass is 9.92. The predicted octanol–water partition coefficient (Wildman–Crippen LogP) is 3.06. The van der Waals surface area contributed by atoms with Crippen molar-refractivity contribution in [1.82, 2.24) is 15.5 Å². The zero-order chi connectivity index (χ0) is 21.1. The second-order valence-corrected chi connectivity index (χ2v) is 7.87. The molecule has 1 aliphatic rings. The summed E-state index contributed by atoms with van der Waals surface area (Å²) in [6.45, 7) is 7.09. The molecule has 1 aliphatic heterocycles.